The molecule has 3 heteroatoms. The Morgan fingerprint density at radius 2 is 2.12 bits per heavy atom. The Bertz CT molecular complexity index is 363. The maximum absolute atomic E-state index is 13.0. The quantitative estimate of drug-likeness (QED) is 0.591. The largest absolute Gasteiger partial charge is 0.316 e. The molecule has 0 spiro atoms. The molecule has 1 nitrogen and oxygen atoms in total. The molecule has 0 atom stereocenters. The van der Waals surface area contributed by atoms with Crippen LogP contribution >= 0.6 is 15.9 Å². The smallest absolute Gasteiger partial charge is 0.137 e. The van der Waals surface area contributed by atoms with Crippen LogP contribution in [0, 0.1) is 5.82 Å². The van der Waals surface area contributed by atoms with E-state index < -0.39 is 0 Å². The Morgan fingerprint density at radius 1 is 1.29 bits per heavy atom. The molecule has 94 valence electrons. The summed E-state index contributed by atoms with van der Waals surface area (Å²) in [6, 6.07) is 5.14. The number of rotatable bonds is 7. The molecule has 0 bridgehead atoms. The molecular weight excluding hydrogens is 281 g/mol. The highest BCUT2D eigenvalue weighted by atomic mass is 79.9. The van der Waals surface area contributed by atoms with Gasteiger partial charge in [-0.15, -0.1) is 0 Å². The van der Waals surface area contributed by atoms with E-state index in [0.29, 0.717) is 4.47 Å². The number of hydrogen-bond acceptors (Lipinski definition) is 1. The Morgan fingerprint density at radius 3 is 2.82 bits per heavy atom. The summed E-state index contributed by atoms with van der Waals surface area (Å²) in [6.07, 6.45) is 7.37. The molecule has 0 amide bonds. The van der Waals surface area contributed by atoms with Gasteiger partial charge in [-0.3, -0.25) is 0 Å². The van der Waals surface area contributed by atoms with Crippen molar-refractivity contribution in [2.75, 3.05) is 13.1 Å². The van der Waals surface area contributed by atoms with E-state index in [1.54, 1.807) is 0 Å². The van der Waals surface area contributed by atoms with Gasteiger partial charge in [0.05, 0.1) is 4.47 Å². The first-order valence-corrected chi connectivity index (χ1v) is 6.83. The van der Waals surface area contributed by atoms with Crippen molar-refractivity contribution in [2.45, 2.75) is 26.2 Å². The van der Waals surface area contributed by atoms with Gasteiger partial charge >= 0.3 is 0 Å². The summed E-state index contributed by atoms with van der Waals surface area (Å²) in [7, 11) is 0. The van der Waals surface area contributed by atoms with Crippen LogP contribution in [0.1, 0.15) is 25.3 Å². The van der Waals surface area contributed by atoms with Gasteiger partial charge < -0.3 is 5.32 Å². The van der Waals surface area contributed by atoms with Crippen LogP contribution in [-0.2, 0) is 6.42 Å². The highest BCUT2D eigenvalue weighted by Gasteiger charge is 1.98. The highest BCUT2D eigenvalue weighted by molar-refractivity contribution is 9.10. The molecule has 1 aromatic carbocycles. The highest BCUT2D eigenvalue weighted by Crippen LogP contribution is 2.17. The molecule has 0 radical (unpaired) electrons. The van der Waals surface area contributed by atoms with E-state index in [1.807, 2.05) is 12.1 Å². The fourth-order valence-electron chi connectivity index (χ4n) is 1.49. The number of benzene rings is 1. The second-order valence-electron chi connectivity index (χ2n) is 3.96. The Balaban J connectivity index is 2.25. The lowest BCUT2D eigenvalue weighted by atomic mass is 10.1. The molecule has 1 N–H and O–H groups in total. The molecule has 0 heterocycles. The van der Waals surface area contributed by atoms with Gasteiger partial charge in [-0.1, -0.05) is 25.1 Å². The topological polar surface area (TPSA) is 12.0 Å². The first-order valence-electron chi connectivity index (χ1n) is 6.03. The van der Waals surface area contributed by atoms with E-state index in [0.717, 1.165) is 31.5 Å². The maximum Gasteiger partial charge on any atom is 0.137 e. The van der Waals surface area contributed by atoms with Crippen LogP contribution in [0.15, 0.2) is 34.8 Å². The van der Waals surface area contributed by atoms with Crippen LogP contribution in [-0.4, -0.2) is 13.1 Å². The van der Waals surface area contributed by atoms with Crippen molar-refractivity contribution < 1.29 is 4.39 Å². The minimum absolute atomic E-state index is 0.207. The van der Waals surface area contributed by atoms with Gasteiger partial charge in [-0.25, -0.2) is 4.39 Å². The predicted octanol–water partition coefficient (Wildman–Crippen LogP) is 4.08. The zero-order valence-electron chi connectivity index (χ0n) is 10.2. The first kappa shape index (κ1) is 14.4. The molecule has 17 heavy (non-hydrogen) atoms. The van der Waals surface area contributed by atoms with E-state index in [1.165, 1.54) is 12.5 Å². The first-order chi connectivity index (χ1) is 8.24. The minimum atomic E-state index is -0.207. The van der Waals surface area contributed by atoms with Crippen LogP contribution in [0.5, 0.6) is 0 Å². The van der Waals surface area contributed by atoms with E-state index >= 15 is 0 Å². The molecule has 0 saturated heterocycles. The number of halogens is 2. The Kier molecular flexibility index (Phi) is 7.13. The zero-order valence-corrected chi connectivity index (χ0v) is 11.8. The summed E-state index contributed by atoms with van der Waals surface area (Å²) in [4.78, 5) is 0. The Hall–Kier alpha value is -0.670. The minimum Gasteiger partial charge on any atom is -0.316 e. The molecule has 0 aliphatic heterocycles. The number of nitrogens with one attached hydrogen (secondary N) is 1. The number of allylic oxidation sites excluding steroid dienone is 1. The van der Waals surface area contributed by atoms with Crippen molar-refractivity contribution in [1.82, 2.24) is 5.32 Å². The average molecular weight is 300 g/mol. The summed E-state index contributed by atoms with van der Waals surface area (Å²) in [5, 5.41) is 3.34. The van der Waals surface area contributed by atoms with Crippen molar-refractivity contribution in [2.24, 2.45) is 0 Å². The van der Waals surface area contributed by atoms with Crippen LogP contribution in [0.4, 0.5) is 4.39 Å². The number of hydrogen-bond donors (Lipinski definition) is 1. The van der Waals surface area contributed by atoms with E-state index in [2.05, 4.69) is 40.3 Å². The summed E-state index contributed by atoms with van der Waals surface area (Å²) in [5.74, 6) is -0.207. The molecule has 1 aromatic rings. The molecule has 0 aliphatic carbocycles. The molecule has 0 fully saturated rings. The van der Waals surface area contributed by atoms with E-state index in [9.17, 15) is 4.39 Å². The summed E-state index contributed by atoms with van der Waals surface area (Å²) in [5.41, 5.74) is 1.12. The van der Waals surface area contributed by atoms with Crippen molar-refractivity contribution in [1.29, 1.82) is 0 Å². The van der Waals surface area contributed by atoms with E-state index in [-0.39, 0.29) is 5.82 Å². The third-order valence-electron chi connectivity index (χ3n) is 2.42. The second kappa shape index (κ2) is 8.43. The molecule has 1 rings (SSSR count). The van der Waals surface area contributed by atoms with Crippen LogP contribution in [0.2, 0.25) is 0 Å². The summed E-state index contributed by atoms with van der Waals surface area (Å²) < 4.78 is 13.5. The fourth-order valence-corrected chi connectivity index (χ4v) is 1.92. The molecule has 0 aromatic heterocycles. The van der Waals surface area contributed by atoms with Gasteiger partial charge in [-0.2, -0.15) is 0 Å². The van der Waals surface area contributed by atoms with Gasteiger partial charge in [0.15, 0.2) is 0 Å². The SMILES string of the molecule is CCCNCCC=CCc1ccc(F)c(Br)c1. The third-order valence-corrected chi connectivity index (χ3v) is 3.03. The molecular formula is C14H19BrFN. The van der Waals surface area contributed by atoms with Crippen molar-refractivity contribution in [3.05, 3.63) is 46.2 Å². The maximum atomic E-state index is 13.0. The standard InChI is InChI=1S/C14H19BrFN/c1-2-9-17-10-5-3-4-6-12-7-8-14(16)13(15)11-12/h3-4,7-8,11,17H,2,5-6,9-10H2,1H3. The lowest BCUT2D eigenvalue weighted by Crippen LogP contribution is -2.14. The monoisotopic (exact) mass is 299 g/mol. The fraction of sp³-hybridized carbons (Fsp3) is 0.429. The third kappa shape index (κ3) is 5.99. The lowest BCUT2D eigenvalue weighted by Gasteiger charge is -2.00. The summed E-state index contributed by atoms with van der Waals surface area (Å²) in [6.45, 7) is 4.27. The zero-order chi connectivity index (χ0) is 12.5. The van der Waals surface area contributed by atoms with Gasteiger partial charge in [-0.05, 0) is 66.0 Å². The van der Waals surface area contributed by atoms with Crippen LogP contribution < -0.4 is 5.32 Å². The molecule has 0 saturated carbocycles. The van der Waals surface area contributed by atoms with Crippen molar-refractivity contribution in [3.8, 4) is 0 Å². The van der Waals surface area contributed by atoms with Crippen LogP contribution in [0.25, 0.3) is 0 Å². The van der Waals surface area contributed by atoms with Gasteiger partial charge in [0, 0.05) is 0 Å². The summed E-state index contributed by atoms with van der Waals surface area (Å²) >= 11 is 3.19. The van der Waals surface area contributed by atoms with Gasteiger partial charge in [0.2, 0.25) is 0 Å². The van der Waals surface area contributed by atoms with E-state index in [4.69, 9.17) is 0 Å². The normalized spacial score (nSPS) is 11.2. The van der Waals surface area contributed by atoms with Gasteiger partial charge in [0.1, 0.15) is 5.82 Å². The molecule has 0 aliphatic rings. The lowest BCUT2D eigenvalue weighted by molar-refractivity contribution is 0.620. The average Bonchev–Trinajstić information content (AvgIpc) is 2.32. The van der Waals surface area contributed by atoms with Crippen molar-refractivity contribution in [3.63, 3.8) is 0 Å². The predicted molar refractivity (Wildman–Crippen MR) is 74.7 cm³/mol. The van der Waals surface area contributed by atoms with Crippen LogP contribution in [0.3, 0.4) is 0 Å². The Labute approximate surface area is 111 Å². The second-order valence-corrected chi connectivity index (χ2v) is 4.82. The van der Waals surface area contributed by atoms with Gasteiger partial charge in [0.25, 0.3) is 0 Å². The molecule has 0 unspecified atom stereocenters. The van der Waals surface area contributed by atoms with Crippen molar-refractivity contribution >= 4 is 15.9 Å².